The molecule has 0 spiro atoms. The van der Waals surface area contributed by atoms with Gasteiger partial charge in [-0.25, -0.2) is 18.2 Å². The van der Waals surface area contributed by atoms with Gasteiger partial charge in [-0.15, -0.1) is 0 Å². The molecule has 3 aromatic rings. The lowest BCUT2D eigenvalue weighted by molar-refractivity contribution is -0.149. The van der Waals surface area contributed by atoms with Crippen LogP contribution in [-0.2, 0) is 35.7 Å². The summed E-state index contributed by atoms with van der Waals surface area (Å²) < 4.78 is 40.3. The molecule has 1 aliphatic heterocycles. The predicted molar refractivity (Wildman–Crippen MR) is 169 cm³/mol. The van der Waals surface area contributed by atoms with E-state index in [0.29, 0.717) is 16.9 Å². The van der Waals surface area contributed by atoms with Gasteiger partial charge in [-0.05, 0) is 56.0 Å². The number of methoxy groups -OCH3 is 1. The highest BCUT2D eigenvalue weighted by Crippen LogP contribution is 2.37. The second-order valence-corrected chi connectivity index (χ2v) is 12.8. The Morgan fingerprint density at radius 2 is 1.74 bits per heavy atom. The number of carbonyl (C=O) groups excluding carboxylic acids is 2. The fourth-order valence-corrected chi connectivity index (χ4v) is 7.45. The molecule has 246 valence electrons. The van der Waals surface area contributed by atoms with Crippen molar-refractivity contribution >= 4 is 33.8 Å². The van der Waals surface area contributed by atoms with Gasteiger partial charge in [0, 0.05) is 26.4 Å². The fourth-order valence-electron chi connectivity index (χ4n) is 5.81. The van der Waals surface area contributed by atoms with Crippen molar-refractivity contribution in [3.05, 3.63) is 89.1 Å². The molecule has 0 bridgehead atoms. The molecule has 2 amide bonds. The minimum absolute atomic E-state index is 0.000860. The Hall–Kier alpha value is -4.53. The minimum atomic E-state index is -4.26. The molecule has 2 heterocycles. The molecule has 3 unspecified atom stereocenters. The van der Waals surface area contributed by atoms with Crippen LogP contribution in [0, 0.1) is 26.7 Å². The highest BCUT2D eigenvalue weighted by molar-refractivity contribution is 7.89. The van der Waals surface area contributed by atoms with Crippen LogP contribution in [0.15, 0.2) is 71.8 Å². The number of amides is 2. The van der Waals surface area contributed by atoms with E-state index in [0.717, 1.165) is 11.1 Å². The molecule has 46 heavy (non-hydrogen) atoms. The van der Waals surface area contributed by atoms with Gasteiger partial charge >= 0.3 is 12.1 Å². The van der Waals surface area contributed by atoms with Crippen molar-refractivity contribution in [2.24, 2.45) is 5.92 Å². The first-order valence-corrected chi connectivity index (χ1v) is 16.2. The van der Waals surface area contributed by atoms with Crippen LogP contribution in [0.25, 0.3) is 0 Å². The van der Waals surface area contributed by atoms with E-state index in [4.69, 9.17) is 9.47 Å². The van der Waals surface area contributed by atoms with Crippen LogP contribution in [0.1, 0.15) is 28.7 Å². The normalized spacial score (nSPS) is 18.5. The number of aromatic nitrogens is 1. The molecule has 1 saturated heterocycles. The number of carboxylic acid groups (broad SMARTS) is 1. The third kappa shape index (κ3) is 7.81. The summed E-state index contributed by atoms with van der Waals surface area (Å²) in [5.41, 5.74) is 1.02. The second kappa shape index (κ2) is 14.7. The number of benzene rings is 2. The molecule has 1 aromatic heterocycles. The summed E-state index contributed by atoms with van der Waals surface area (Å²) in [6.45, 7) is 4.59. The maximum Gasteiger partial charge on any atom is 0.412 e. The Labute approximate surface area is 268 Å². The van der Waals surface area contributed by atoms with Crippen LogP contribution in [0.3, 0.4) is 0 Å². The van der Waals surface area contributed by atoms with Gasteiger partial charge < -0.3 is 25.2 Å². The number of anilines is 1. The van der Waals surface area contributed by atoms with E-state index in [2.05, 4.69) is 20.3 Å². The number of aliphatic carboxylic acids is 1. The predicted octanol–water partition coefficient (Wildman–Crippen LogP) is 2.97. The van der Waals surface area contributed by atoms with E-state index < -0.39 is 52.2 Å². The number of nitrogens with zero attached hydrogens (tertiary/aromatic N) is 2. The third-order valence-electron chi connectivity index (χ3n) is 7.88. The number of nitrogens with one attached hydrogen (secondary N) is 3. The van der Waals surface area contributed by atoms with Crippen molar-refractivity contribution in [3.63, 3.8) is 0 Å². The molecule has 2 aromatic carbocycles. The van der Waals surface area contributed by atoms with Gasteiger partial charge in [0.2, 0.25) is 15.9 Å². The standard InChI is InChI=1S/C32H39N5O8S/c1-21-16-22(2)28(23(3)17-21)46(42,43)36-26(30(39)40)18-34-29(38)25-13-15-37(31(41)45-19-24-10-6-5-7-11-24)32(25,44-4)20-35-27-12-8-9-14-33-27/h5-12,14,16-17,25-26,36H,13,15,18-20H2,1-4H3,(H,33,35)(H,34,38)(H,39,40). The van der Waals surface area contributed by atoms with Gasteiger partial charge in [0.05, 0.1) is 17.4 Å². The summed E-state index contributed by atoms with van der Waals surface area (Å²) in [4.78, 5) is 44.8. The van der Waals surface area contributed by atoms with E-state index in [9.17, 15) is 27.9 Å². The van der Waals surface area contributed by atoms with Crippen molar-refractivity contribution in [1.82, 2.24) is 19.9 Å². The number of likely N-dealkylation sites (tertiary alicyclic amines) is 1. The molecule has 4 N–H and O–H groups in total. The third-order valence-corrected chi connectivity index (χ3v) is 9.65. The molecule has 0 aliphatic carbocycles. The van der Waals surface area contributed by atoms with Gasteiger partial charge in [-0.2, -0.15) is 4.72 Å². The molecule has 14 heteroatoms. The van der Waals surface area contributed by atoms with E-state index >= 15 is 0 Å². The zero-order valence-electron chi connectivity index (χ0n) is 26.1. The number of hydrogen-bond donors (Lipinski definition) is 4. The summed E-state index contributed by atoms with van der Waals surface area (Å²) in [6, 6.07) is 16.1. The molecule has 4 rings (SSSR count). The van der Waals surface area contributed by atoms with Crippen molar-refractivity contribution in [3.8, 4) is 0 Å². The number of aryl methyl sites for hydroxylation is 3. The Balaban J connectivity index is 1.53. The van der Waals surface area contributed by atoms with Crippen LogP contribution in [0.2, 0.25) is 0 Å². The van der Waals surface area contributed by atoms with Gasteiger partial charge in [0.15, 0.2) is 5.72 Å². The van der Waals surface area contributed by atoms with Crippen molar-refractivity contribution < 1.29 is 37.4 Å². The topological polar surface area (TPSA) is 176 Å². The van der Waals surface area contributed by atoms with E-state index in [1.165, 1.54) is 12.0 Å². The Kier molecular flexibility index (Phi) is 11.0. The van der Waals surface area contributed by atoms with Gasteiger partial charge in [-0.1, -0.05) is 54.1 Å². The number of sulfonamides is 1. The van der Waals surface area contributed by atoms with E-state index in [1.807, 2.05) is 37.3 Å². The average Bonchev–Trinajstić information content (AvgIpc) is 3.40. The van der Waals surface area contributed by atoms with Crippen molar-refractivity contribution in [1.29, 1.82) is 0 Å². The van der Waals surface area contributed by atoms with Gasteiger partial charge in [0.25, 0.3) is 0 Å². The fraction of sp³-hybridized carbons (Fsp3) is 0.375. The lowest BCUT2D eigenvalue weighted by atomic mass is 9.94. The quantitative estimate of drug-likeness (QED) is 0.215. The maximum absolute atomic E-state index is 13.7. The number of carbonyl (C=O) groups is 3. The Morgan fingerprint density at radius 1 is 1.07 bits per heavy atom. The first-order chi connectivity index (χ1) is 21.9. The van der Waals surface area contributed by atoms with E-state index in [1.54, 1.807) is 50.4 Å². The maximum atomic E-state index is 13.7. The molecular formula is C32H39N5O8S. The highest BCUT2D eigenvalue weighted by Gasteiger charge is 2.55. The first kappa shape index (κ1) is 34.3. The largest absolute Gasteiger partial charge is 0.480 e. The van der Waals surface area contributed by atoms with Crippen molar-refractivity contribution in [2.75, 3.05) is 32.1 Å². The number of pyridine rings is 1. The van der Waals surface area contributed by atoms with Crippen LogP contribution < -0.4 is 15.4 Å². The summed E-state index contributed by atoms with van der Waals surface area (Å²) in [6.07, 6.45) is 1.04. The lowest BCUT2D eigenvalue weighted by Gasteiger charge is -2.40. The monoisotopic (exact) mass is 653 g/mol. The Bertz CT molecular complexity index is 1630. The number of hydrogen-bond acceptors (Lipinski definition) is 9. The summed E-state index contributed by atoms with van der Waals surface area (Å²) >= 11 is 0. The number of ether oxygens (including phenoxy) is 2. The van der Waals surface area contributed by atoms with Crippen LogP contribution in [0.5, 0.6) is 0 Å². The second-order valence-electron chi connectivity index (χ2n) is 11.1. The zero-order valence-corrected chi connectivity index (χ0v) is 27.0. The van der Waals surface area contributed by atoms with Gasteiger partial charge in [0.1, 0.15) is 18.5 Å². The van der Waals surface area contributed by atoms with Crippen molar-refractivity contribution in [2.45, 2.75) is 50.5 Å². The van der Waals surface area contributed by atoms with Crippen LogP contribution in [0.4, 0.5) is 10.6 Å². The SMILES string of the molecule is COC1(CNc2ccccn2)C(C(=O)NCC(NS(=O)(=O)c2c(C)cc(C)cc2C)C(=O)O)CCN1C(=O)OCc1ccccc1. The summed E-state index contributed by atoms with van der Waals surface area (Å²) in [5.74, 6) is -2.61. The molecule has 13 nitrogen and oxygen atoms in total. The average molecular weight is 654 g/mol. The summed E-state index contributed by atoms with van der Waals surface area (Å²) in [5, 5.41) is 15.6. The molecule has 0 radical (unpaired) electrons. The Morgan fingerprint density at radius 3 is 2.35 bits per heavy atom. The number of rotatable bonds is 13. The first-order valence-electron chi connectivity index (χ1n) is 14.7. The molecule has 1 aliphatic rings. The van der Waals surface area contributed by atoms with Gasteiger partial charge in [-0.3, -0.25) is 14.5 Å². The minimum Gasteiger partial charge on any atom is -0.480 e. The smallest absolute Gasteiger partial charge is 0.412 e. The number of carboxylic acids is 1. The van der Waals surface area contributed by atoms with Crippen LogP contribution >= 0.6 is 0 Å². The van der Waals surface area contributed by atoms with E-state index in [-0.39, 0.29) is 31.0 Å². The lowest BCUT2D eigenvalue weighted by Crippen LogP contribution is -2.60. The summed E-state index contributed by atoms with van der Waals surface area (Å²) in [7, 11) is -2.89. The van der Waals surface area contributed by atoms with Crippen LogP contribution in [-0.4, -0.2) is 79.9 Å². The highest BCUT2D eigenvalue weighted by atomic mass is 32.2. The molecule has 3 atom stereocenters. The zero-order chi connectivity index (χ0) is 33.5. The molecule has 0 saturated carbocycles. The molecular weight excluding hydrogens is 614 g/mol. The molecule has 1 fully saturated rings.